The van der Waals surface area contributed by atoms with Gasteiger partial charge in [0, 0.05) is 37.8 Å². The molecule has 6 nitrogen and oxygen atoms in total. The normalized spacial score (nSPS) is 15.5. The third-order valence-electron chi connectivity index (χ3n) is 4.68. The summed E-state index contributed by atoms with van der Waals surface area (Å²) >= 11 is 0. The minimum Gasteiger partial charge on any atom is -0.356 e. The average molecular weight is 335 g/mol. The number of nitrogens with zero attached hydrogens (tertiary/aromatic N) is 4. The van der Waals surface area contributed by atoms with Crippen LogP contribution in [0.5, 0.6) is 0 Å². The van der Waals surface area contributed by atoms with E-state index in [1.54, 1.807) is 16.9 Å². The van der Waals surface area contributed by atoms with Crippen LogP contribution in [0.25, 0.3) is 10.9 Å². The molecule has 1 N–H and O–H groups in total. The Kier molecular flexibility index (Phi) is 4.09. The number of pyridine rings is 1. The molecule has 1 saturated heterocycles. The molecule has 0 aliphatic carbocycles. The maximum absolute atomic E-state index is 12.2. The zero-order valence-corrected chi connectivity index (χ0v) is 14.2. The van der Waals surface area contributed by atoms with Crippen LogP contribution in [-0.4, -0.2) is 39.8 Å². The Bertz CT molecular complexity index is 895. The minimum absolute atomic E-state index is 0.0946. The number of para-hydroxylation sites is 1. The summed E-state index contributed by atoms with van der Waals surface area (Å²) in [5.41, 5.74) is 1.49. The van der Waals surface area contributed by atoms with Crippen molar-refractivity contribution < 1.29 is 4.79 Å². The fraction of sp³-hybridized carbons (Fsp3) is 0.316. The SMILES string of the molecule is Cn1ccc(C(=O)NC2CCN(c3ccc4ccccc4n3)CC2)n1. The van der Waals surface area contributed by atoms with E-state index in [-0.39, 0.29) is 11.9 Å². The molecular formula is C19H21N5O. The molecule has 1 fully saturated rings. The lowest BCUT2D eigenvalue weighted by molar-refractivity contribution is 0.0925. The van der Waals surface area contributed by atoms with Crippen LogP contribution in [0.2, 0.25) is 0 Å². The van der Waals surface area contributed by atoms with E-state index in [4.69, 9.17) is 4.98 Å². The molecule has 6 heteroatoms. The first-order valence-electron chi connectivity index (χ1n) is 8.60. The predicted molar refractivity (Wildman–Crippen MR) is 97.7 cm³/mol. The summed E-state index contributed by atoms with van der Waals surface area (Å²) in [4.78, 5) is 19.3. The quantitative estimate of drug-likeness (QED) is 0.798. The number of carbonyl (C=O) groups excluding carboxylic acids is 1. The van der Waals surface area contributed by atoms with Crippen molar-refractivity contribution in [3.8, 4) is 0 Å². The number of benzene rings is 1. The molecule has 1 aliphatic heterocycles. The number of fused-ring (bicyclic) bond motifs is 1. The average Bonchev–Trinajstić information content (AvgIpc) is 3.08. The van der Waals surface area contributed by atoms with Crippen molar-refractivity contribution in [2.45, 2.75) is 18.9 Å². The molecule has 3 aromatic rings. The van der Waals surface area contributed by atoms with Gasteiger partial charge in [-0.25, -0.2) is 4.98 Å². The van der Waals surface area contributed by atoms with E-state index in [2.05, 4.69) is 33.5 Å². The number of hydrogen-bond acceptors (Lipinski definition) is 4. The van der Waals surface area contributed by atoms with E-state index in [0.29, 0.717) is 5.69 Å². The summed E-state index contributed by atoms with van der Waals surface area (Å²) in [6.07, 6.45) is 3.60. The molecule has 0 radical (unpaired) electrons. The van der Waals surface area contributed by atoms with Crippen molar-refractivity contribution in [1.82, 2.24) is 20.1 Å². The molecule has 0 saturated carbocycles. The highest BCUT2D eigenvalue weighted by Gasteiger charge is 2.22. The minimum atomic E-state index is -0.0946. The Morgan fingerprint density at radius 2 is 1.92 bits per heavy atom. The second-order valence-corrected chi connectivity index (χ2v) is 6.47. The summed E-state index contributed by atoms with van der Waals surface area (Å²) in [6.45, 7) is 1.77. The molecule has 2 aromatic heterocycles. The smallest absolute Gasteiger partial charge is 0.271 e. The van der Waals surface area contributed by atoms with Gasteiger partial charge in [-0.2, -0.15) is 5.10 Å². The number of anilines is 1. The highest BCUT2D eigenvalue weighted by Crippen LogP contribution is 2.21. The highest BCUT2D eigenvalue weighted by atomic mass is 16.2. The number of piperidine rings is 1. The van der Waals surface area contributed by atoms with E-state index in [9.17, 15) is 4.79 Å². The summed E-state index contributed by atoms with van der Waals surface area (Å²) in [7, 11) is 1.81. The zero-order chi connectivity index (χ0) is 17.2. The monoisotopic (exact) mass is 335 g/mol. The van der Waals surface area contributed by atoms with Gasteiger partial charge in [0.15, 0.2) is 0 Å². The van der Waals surface area contributed by atoms with Gasteiger partial charge >= 0.3 is 0 Å². The zero-order valence-electron chi connectivity index (χ0n) is 14.2. The van der Waals surface area contributed by atoms with Crippen molar-refractivity contribution in [3.05, 3.63) is 54.4 Å². The number of amides is 1. The van der Waals surface area contributed by atoms with Crippen LogP contribution in [0.1, 0.15) is 23.3 Å². The van der Waals surface area contributed by atoms with Crippen LogP contribution in [0.4, 0.5) is 5.82 Å². The maximum Gasteiger partial charge on any atom is 0.271 e. The Labute approximate surface area is 146 Å². The fourth-order valence-electron chi connectivity index (χ4n) is 3.28. The molecule has 4 rings (SSSR count). The van der Waals surface area contributed by atoms with Crippen LogP contribution < -0.4 is 10.2 Å². The third kappa shape index (κ3) is 3.33. The molecule has 1 aliphatic rings. The molecule has 0 spiro atoms. The maximum atomic E-state index is 12.2. The molecular weight excluding hydrogens is 314 g/mol. The van der Waals surface area contributed by atoms with Gasteiger partial charge in [-0.1, -0.05) is 18.2 Å². The molecule has 3 heterocycles. The van der Waals surface area contributed by atoms with Crippen molar-refractivity contribution in [2.75, 3.05) is 18.0 Å². The summed E-state index contributed by atoms with van der Waals surface area (Å²) in [5.74, 6) is 0.913. The first-order valence-corrected chi connectivity index (χ1v) is 8.60. The topological polar surface area (TPSA) is 63.1 Å². The number of rotatable bonds is 3. The molecule has 25 heavy (non-hydrogen) atoms. The lowest BCUT2D eigenvalue weighted by atomic mass is 10.0. The van der Waals surface area contributed by atoms with Gasteiger partial charge in [0.2, 0.25) is 0 Å². The molecule has 1 aromatic carbocycles. The second kappa shape index (κ2) is 6.55. The van der Waals surface area contributed by atoms with Crippen LogP contribution in [0.15, 0.2) is 48.7 Å². The predicted octanol–water partition coefficient (Wildman–Crippen LogP) is 2.37. The van der Waals surface area contributed by atoms with Gasteiger partial charge in [-0.3, -0.25) is 9.48 Å². The number of nitrogens with one attached hydrogen (secondary N) is 1. The number of aromatic nitrogens is 3. The van der Waals surface area contributed by atoms with Crippen molar-refractivity contribution in [3.63, 3.8) is 0 Å². The number of carbonyl (C=O) groups is 1. The van der Waals surface area contributed by atoms with E-state index < -0.39 is 0 Å². The van der Waals surface area contributed by atoms with Gasteiger partial charge in [-0.15, -0.1) is 0 Å². The van der Waals surface area contributed by atoms with Gasteiger partial charge in [0.05, 0.1) is 5.52 Å². The summed E-state index contributed by atoms with van der Waals surface area (Å²) < 4.78 is 1.64. The van der Waals surface area contributed by atoms with Crippen molar-refractivity contribution in [1.29, 1.82) is 0 Å². The van der Waals surface area contributed by atoms with Gasteiger partial charge in [0.25, 0.3) is 5.91 Å². The first-order chi connectivity index (χ1) is 12.2. The Morgan fingerprint density at radius 3 is 2.68 bits per heavy atom. The van der Waals surface area contributed by atoms with Crippen molar-refractivity contribution >= 4 is 22.6 Å². The van der Waals surface area contributed by atoms with E-state index >= 15 is 0 Å². The lowest BCUT2D eigenvalue weighted by Gasteiger charge is -2.33. The summed E-state index contributed by atoms with van der Waals surface area (Å²) in [6, 6.07) is 14.3. The lowest BCUT2D eigenvalue weighted by Crippen LogP contribution is -2.45. The van der Waals surface area contributed by atoms with Crippen LogP contribution in [-0.2, 0) is 7.05 Å². The van der Waals surface area contributed by atoms with Gasteiger partial charge in [0.1, 0.15) is 11.5 Å². The van der Waals surface area contributed by atoms with E-state index in [0.717, 1.165) is 42.7 Å². The number of aryl methyl sites for hydroxylation is 1. The standard InChI is InChI=1S/C19H21N5O/c1-23-11-10-17(22-23)19(25)20-15-8-12-24(13-9-15)18-7-6-14-4-2-3-5-16(14)21-18/h2-7,10-11,15H,8-9,12-13H2,1H3,(H,20,25). The van der Waals surface area contributed by atoms with E-state index in [1.165, 1.54) is 0 Å². The molecule has 0 bridgehead atoms. The fourth-order valence-corrected chi connectivity index (χ4v) is 3.28. The van der Waals surface area contributed by atoms with Crippen LogP contribution >= 0.6 is 0 Å². The first kappa shape index (κ1) is 15.6. The number of hydrogen-bond donors (Lipinski definition) is 1. The van der Waals surface area contributed by atoms with E-state index in [1.807, 2.05) is 25.2 Å². The Hall–Kier alpha value is -2.89. The third-order valence-corrected chi connectivity index (χ3v) is 4.68. The van der Waals surface area contributed by atoms with Crippen LogP contribution in [0.3, 0.4) is 0 Å². The summed E-state index contributed by atoms with van der Waals surface area (Å²) in [5, 5.41) is 8.40. The Morgan fingerprint density at radius 1 is 1.12 bits per heavy atom. The molecule has 0 atom stereocenters. The van der Waals surface area contributed by atoms with Crippen LogP contribution in [0, 0.1) is 0 Å². The molecule has 1 amide bonds. The molecule has 0 unspecified atom stereocenters. The highest BCUT2D eigenvalue weighted by molar-refractivity contribution is 5.92. The van der Waals surface area contributed by atoms with Gasteiger partial charge < -0.3 is 10.2 Å². The van der Waals surface area contributed by atoms with Crippen molar-refractivity contribution in [2.24, 2.45) is 7.05 Å². The molecule has 128 valence electrons. The second-order valence-electron chi connectivity index (χ2n) is 6.47. The Balaban J connectivity index is 1.38. The van der Waals surface area contributed by atoms with Gasteiger partial charge in [-0.05, 0) is 37.1 Å². The largest absolute Gasteiger partial charge is 0.356 e.